The second-order valence-electron chi connectivity index (χ2n) is 5.57. The van der Waals surface area contributed by atoms with Crippen molar-refractivity contribution in [3.05, 3.63) is 121 Å². The number of hydrogen-bond donors (Lipinski definition) is 0. The Balaban J connectivity index is -0.0000000181. The van der Waals surface area contributed by atoms with Gasteiger partial charge in [0.1, 0.15) is 0 Å². The van der Waals surface area contributed by atoms with E-state index in [9.17, 15) is 0 Å². The van der Waals surface area contributed by atoms with E-state index in [-0.39, 0.29) is 360 Å². The molecule has 0 fully saturated rings. The van der Waals surface area contributed by atoms with Gasteiger partial charge in [0, 0.05) is 317 Å². The van der Waals surface area contributed by atoms with Crippen LogP contribution in [0.3, 0.4) is 0 Å². The van der Waals surface area contributed by atoms with E-state index in [1.807, 2.05) is 0 Å². The fourth-order valence-electron chi connectivity index (χ4n) is 2.31. The summed E-state index contributed by atoms with van der Waals surface area (Å²) in [5, 5.41) is 0. The second-order valence-corrected chi connectivity index (χ2v) is 12.7. The van der Waals surface area contributed by atoms with Crippen LogP contribution in [-0.2, 0) is 0 Å². The topological polar surface area (TPSA) is 0 Å². The maximum absolute atomic E-state index is 2.23. The molecule has 0 saturated carbocycles. The third-order valence-electron chi connectivity index (χ3n) is 3.54. The molecular formula is C24H20Ge18Sb2. The first kappa shape index (κ1) is 104. The summed E-state index contributed by atoms with van der Waals surface area (Å²) in [6.45, 7) is 0. The summed E-state index contributed by atoms with van der Waals surface area (Å²) in [6, 6.07) is 43.1. The molecule has 0 unspecified atom stereocenters. The van der Waals surface area contributed by atoms with Crippen LogP contribution in [0, 0.1) is 0 Å². The Morgan fingerprint density at radius 2 is 0.295 bits per heavy atom. The van der Waals surface area contributed by atoms with Gasteiger partial charge in [-0.3, -0.25) is 0 Å². The quantitative estimate of drug-likeness (QED) is 0.183. The minimum atomic E-state index is -0.335. The van der Waals surface area contributed by atoms with Crippen molar-refractivity contribution in [2.24, 2.45) is 0 Å². The van der Waals surface area contributed by atoms with Gasteiger partial charge < -0.3 is 0 Å². The number of rotatable bonds is 4. The predicted octanol–water partition coefficient (Wildman–Crippen LogP) is -4.17. The van der Waals surface area contributed by atoms with Gasteiger partial charge in [-0.2, -0.15) is 0 Å². The summed E-state index contributed by atoms with van der Waals surface area (Å²) in [4.78, 5) is 0. The van der Waals surface area contributed by atoms with Crippen molar-refractivity contribution in [1.82, 2.24) is 0 Å². The average Bonchev–Trinajstić information content (AvgIpc) is 2.72. The van der Waals surface area contributed by atoms with Crippen LogP contribution in [0.2, 0.25) is 0 Å². The van der Waals surface area contributed by atoms with Gasteiger partial charge in [-0.05, 0) is 0 Å². The molecule has 0 bridgehead atoms. The van der Waals surface area contributed by atoms with Crippen LogP contribution in [-0.4, -0.2) is 360 Å². The van der Waals surface area contributed by atoms with Crippen LogP contribution in [0.25, 0.3) is 0 Å². The summed E-state index contributed by atoms with van der Waals surface area (Å²) in [5.74, 6) is 0. The minimum absolute atomic E-state index is 0. The molecule has 74 radical (unpaired) electrons. The van der Waals surface area contributed by atoms with Crippen molar-refractivity contribution in [3.63, 3.8) is 0 Å². The molecule has 0 aliphatic carbocycles. The fourth-order valence-corrected chi connectivity index (χ4v) is 7.68. The molecular weight excluding hydrogens is 1840 g/mol. The van der Waals surface area contributed by atoms with E-state index in [4.69, 9.17) is 0 Å². The zero-order valence-corrected chi connectivity index (χ0v) is 66.3. The Morgan fingerprint density at radius 3 is 0.409 bits per heavy atom. The third-order valence-corrected chi connectivity index (χ3v) is 9.89. The average molecular weight is 1860 g/mol. The summed E-state index contributed by atoms with van der Waals surface area (Å²) in [7, 11) is 0. The Kier molecular flexibility index (Phi) is 172. The molecule has 4 aromatic carbocycles. The molecule has 4 aromatic rings. The standard InChI is InChI=1S/4C6H5.18Ge.2Sb/c4*1-2-4-6-5-3-1;;;;;;;;;;;;;;;;;;;;/h4*1-5H;;;;;;;;;;;;;;;;;;;;. The Bertz CT molecular complexity index is 752. The SMILES string of the molecule is [Ge].[Ge].[Ge].[Ge].[Ge].[Ge].[Ge].[Ge].[Ge].[Ge].[Ge].[Ge].[Ge].[Ge].[Ge].[Ge].[Ge].[Ge].c1cc[c]([Sb][c]2ccccc2)cc1.c1cc[c]([Sb][c]2ccccc2)cc1. The van der Waals surface area contributed by atoms with Gasteiger partial charge in [-0.15, -0.1) is 0 Å². The molecule has 0 N–H and O–H groups in total. The number of hydrogen-bond acceptors (Lipinski definition) is 0. The van der Waals surface area contributed by atoms with Gasteiger partial charge in [0.25, 0.3) is 0 Å². The van der Waals surface area contributed by atoms with Crippen molar-refractivity contribution in [2.75, 3.05) is 0 Å². The molecule has 0 spiro atoms. The molecule has 198 valence electrons. The van der Waals surface area contributed by atoms with Crippen molar-refractivity contribution < 1.29 is 0 Å². The van der Waals surface area contributed by atoms with E-state index in [0.29, 0.717) is 0 Å². The third kappa shape index (κ3) is 52.4. The van der Waals surface area contributed by atoms with Crippen molar-refractivity contribution in [2.45, 2.75) is 0 Å². The number of benzene rings is 4. The van der Waals surface area contributed by atoms with Gasteiger partial charge in [0.2, 0.25) is 0 Å². The maximum atomic E-state index is 2.23. The first-order chi connectivity index (χ1) is 12.9. The molecule has 0 atom stereocenters. The van der Waals surface area contributed by atoms with Gasteiger partial charge in [0.05, 0.1) is 0 Å². The van der Waals surface area contributed by atoms with Crippen LogP contribution in [0.5, 0.6) is 0 Å². The summed E-state index contributed by atoms with van der Waals surface area (Å²) < 4.78 is 6.08. The first-order valence-electron chi connectivity index (χ1n) is 8.54. The van der Waals surface area contributed by atoms with E-state index >= 15 is 0 Å². The van der Waals surface area contributed by atoms with Gasteiger partial charge in [-0.1, -0.05) is 0 Å². The summed E-state index contributed by atoms with van der Waals surface area (Å²) in [6.07, 6.45) is 0. The fraction of sp³-hybridized carbons (Fsp3) is 0. The van der Waals surface area contributed by atoms with E-state index in [0.717, 1.165) is 0 Å². The van der Waals surface area contributed by atoms with Crippen molar-refractivity contribution >= 4 is 374 Å². The summed E-state index contributed by atoms with van der Waals surface area (Å²) >= 11 is -0.670. The molecule has 0 aromatic heterocycles. The molecule has 44 heavy (non-hydrogen) atoms. The van der Waals surface area contributed by atoms with Crippen molar-refractivity contribution in [1.29, 1.82) is 0 Å². The Hall–Kier alpha value is 8.29. The van der Waals surface area contributed by atoms with Crippen LogP contribution in [0.4, 0.5) is 0 Å². The van der Waals surface area contributed by atoms with E-state index in [1.165, 1.54) is 14.0 Å². The molecule has 0 aliphatic heterocycles. The molecule has 0 nitrogen and oxygen atoms in total. The molecule has 0 saturated heterocycles. The zero-order chi connectivity index (χ0) is 17.9. The second kappa shape index (κ2) is 72.5. The first-order valence-corrected chi connectivity index (χ1v) is 13.6. The van der Waals surface area contributed by atoms with Crippen LogP contribution in [0.15, 0.2) is 121 Å². The van der Waals surface area contributed by atoms with Crippen LogP contribution < -0.4 is 14.0 Å². The van der Waals surface area contributed by atoms with E-state index < -0.39 is 0 Å². The monoisotopic (exact) mass is 1880 g/mol. The Labute approximate surface area is 485 Å². The molecule has 0 heterocycles. The molecule has 0 amide bonds. The van der Waals surface area contributed by atoms with Crippen molar-refractivity contribution in [3.8, 4) is 0 Å². The van der Waals surface area contributed by atoms with Gasteiger partial charge in [0.15, 0.2) is 0 Å². The molecule has 4 rings (SSSR count). The van der Waals surface area contributed by atoms with Gasteiger partial charge in [-0.25, -0.2) is 0 Å². The van der Waals surface area contributed by atoms with Gasteiger partial charge >= 0.3 is 179 Å². The van der Waals surface area contributed by atoms with Crippen LogP contribution in [0.1, 0.15) is 0 Å². The Morgan fingerprint density at radius 1 is 0.182 bits per heavy atom. The predicted molar refractivity (Wildman–Crippen MR) is 219 cm³/mol. The summed E-state index contributed by atoms with van der Waals surface area (Å²) in [5.41, 5.74) is 0. The zero-order valence-electron chi connectivity index (χ0n) is 23.4. The molecule has 0 aliphatic rings. The molecule has 20 heteroatoms. The van der Waals surface area contributed by atoms with Crippen LogP contribution >= 0.6 is 0 Å². The van der Waals surface area contributed by atoms with E-state index in [1.54, 1.807) is 0 Å². The van der Waals surface area contributed by atoms with E-state index in [2.05, 4.69) is 121 Å². The normalized spacial score (nSPS) is 5.82.